The molecule has 0 saturated carbocycles. The number of nitrogens with zero attached hydrogens (tertiary/aromatic N) is 2. The Bertz CT molecular complexity index is 7500. The predicted octanol–water partition coefficient (Wildman–Crippen LogP) is 27.9. The van der Waals surface area contributed by atoms with E-state index in [1.165, 1.54) is 150 Å². The van der Waals surface area contributed by atoms with Crippen molar-refractivity contribution in [3.8, 4) is 123 Å². The zero-order valence-electron chi connectivity index (χ0n) is 69.8. The van der Waals surface area contributed by atoms with Crippen LogP contribution in [0, 0.1) is 0 Å². The Morgan fingerprint density at radius 1 is 0.172 bits per heavy atom. The van der Waals surface area contributed by atoms with E-state index in [-0.39, 0.29) is 0 Å². The third kappa shape index (κ3) is 11.3. The Morgan fingerprint density at radius 3 is 0.711 bits per heavy atom. The fourth-order valence-corrected chi connectivity index (χ4v) is 23.2. The molecule has 128 heavy (non-hydrogen) atoms. The molecule has 2 heterocycles. The first kappa shape index (κ1) is 76.2. The van der Waals surface area contributed by atoms with E-state index in [2.05, 4.69) is 400 Å². The average molecular weight is 1650 g/mol. The first-order valence-electron chi connectivity index (χ1n) is 44.0. The van der Waals surface area contributed by atoms with Crippen molar-refractivity contribution < 1.29 is 10.0 Å². The van der Waals surface area contributed by atoms with E-state index in [0.29, 0.717) is 5.46 Å². The Labute approximate surface area is 750 Å². The lowest BCUT2D eigenvalue weighted by atomic mass is 9.51. The van der Waals surface area contributed by atoms with Crippen LogP contribution in [0.4, 0.5) is 0 Å². The molecule has 0 fully saturated rings. The van der Waals surface area contributed by atoms with Gasteiger partial charge < -0.3 is 10.0 Å². The number of hydrogen-bond acceptors (Lipinski definition) is 4. The lowest BCUT2D eigenvalue weighted by Crippen LogP contribution is -2.44. The van der Waals surface area contributed by atoms with Crippen LogP contribution in [0.1, 0.15) is 89.0 Å². The van der Waals surface area contributed by atoms with Crippen LogP contribution in [-0.4, -0.2) is 27.1 Å². The third-order valence-corrected chi connectivity index (χ3v) is 28.2. The summed E-state index contributed by atoms with van der Waals surface area (Å²) >= 11 is 7.43. The number of rotatable bonds is 8. The number of pyridine rings is 2. The maximum atomic E-state index is 9.31. The Balaban J connectivity index is 0.000000118. The second-order valence-corrected chi connectivity index (χ2v) is 34.5. The van der Waals surface area contributed by atoms with Gasteiger partial charge in [0.05, 0.1) is 44.4 Å². The summed E-state index contributed by atoms with van der Waals surface area (Å²) in [4.78, 5) is 10.1. The van der Waals surface area contributed by atoms with Crippen LogP contribution in [0.2, 0.25) is 5.02 Å². The summed E-state index contributed by atoms with van der Waals surface area (Å²) in [6.45, 7) is 0. The SMILES string of the molecule is Clc1cccc2c1C1(c3ccccc3-c3ccccc31)c1ccccc1C21c2ccccc2-c2ccccc21.OB(O)c1ccc(-c2cc(-c3ccccc3)cc(-c3ccccc3)n2)cc1.c1ccc(-c2cc(-c3ccccc3)nc(-c3ccc(-c4cccc5c4C4(c6ccccc6-c6ccccc64)c4ccccc4C54c5ccccc5-c5ccccc54)cc3)c2)cc1. The molecule has 0 bridgehead atoms. The topological polar surface area (TPSA) is 66.2 Å². The van der Waals surface area contributed by atoms with Gasteiger partial charge in [0.1, 0.15) is 0 Å². The van der Waals surface area contributed by atoms with E-state index in [9.17, 15) is 10.0 Å². The van der Waals surface area contributed by atoms with Gasteiger partial charge in [0.2, 0.25) is 0 Å². The molecule has 4 spiro atoms. The summed E-state index contributed by atoms with van der Waals surface area (Å²) in [6, 6.07) is 171. The van der Waals surface area contributed by atoms with Crippen molar-refractivity contribution in [2.45, 2.75) is 21.7 Å². The maximum absolute atomic E-state index is 9.31. The lowest BCUT2D eigenvalue weighted by Gasteiger charge is -2.49. The van der Waals surface area contributed by atoms with Crippen LogP contribution in [-0.2, 0) is 21.7 Å². The Kier molecular flexibility index (Phi) is 18.1. The number of fused-ring (bicyclic) bond motifs is 32. The van der Waals surface area contributed by atoms with Crippen molar-refractivity contribution in [2.24, 2.45) is 0 Å². The van der Waals surface area contributed by atoms with Crippen molar-refractivity contribution in [1.29, 1.82) is 0 Å². The molecule has 6 aliphatic carbocycles. The standard InChI is InChI=1S/C61H39N.C38H23Cl.C23H18BNO2/c1-3-18-40(19-4-1)44-38-57(42-20-5-2-6-21-42)62-58(39-44)43-36-34-41(35-37-43)45-26-17-33-56-59(45)61(52-29-13-9-24-48(52)49-25-10-14-30-53(49)61)55-32-16-15-31-54(55)60(56)50-27-11-7-22-46(50)47-23-8-12-28-51(47)60;39-35-23-11-22-34-36(35)38(30-18-7-3-14-26(30)27-15-4-8-19-31(27)38)33-21-10-9-20-32(33)37(34)28-16-5-1-12-24(28)25-13-2-6-17-29(25)37;26-24(27)21-13-11-19(12-14-21)23-16-20(17-7-3-1-4-8-17)15-22(25-23)18-9-5-2-6-10-18/h1-39H;1-23H;1-16,26-27H. The largest absolute Gasteiger partial charge is 0.488 e. The highest BCUT2D eigenvalue weighted by molar-refractivity contribution is 6.58. The van der Waals surface area contributed by atoms with Crippen LogP contribution >= 0.6 is 11.6 Å². The highest BCUT2D eigenvalue weighted by atomic mass is 35.5. The first-order chi connectivity index (χ1) is 63.2. The van der Waals surface area contributed by atoms with Gasteiger partial charge in [-0.1, -0.05) is 454 Å². The molecule has 0 aliphatic heterocycles. The summed E-state index contributed by atoms with van der Waals surface area (Å²) in [7, 11) is -1.47. The second-order valence-electron chi connectivity index (χ2n) is 34.1. The van der Waals surface area contributed by atoms with E-state index < -0.39 is 28.8 Å². The van der Waals surface area contributed by atoms with Gasteiger partial charge in [0.25, 0.3) is 0 Å². The quantitative estimate of drug-likeness (QED) is 0.149. The van der Waals surface area contributed by atoms with Crippen molar-refractivity contribution in [3.05, 3.63) is 567 Å². The van der Waals surface area contributed by atoms with E-state index in [1.807, 2.05) is 60.7 Å². The third-order valence-electron chi connectivity index (χ3n) is 27.9. The molecule has 20 aromatic rings. The van der Waals surface area contributed by atoms with Gasteiger partial charge in [-0.05, 0) is 203 Å². The smallest absolute Gasteiger partial charge is 0.423 e. The molecule has 6 aliphatic rings. The lowest BCUT2D eigenvalue weighted by molar-refractivity contribution is 0.426. The van der Waals surface area contributed by atoms with Crippen molar-refractivity contribution in [1.82, 2.24) is 9.97 Å². The van der Waals surface area contributed by atoms with Crippen LogP contribution in [0.5, 0.6) is 0 Å². The normalized spacial score (nSPS) is 13.8. The van der Waals surface area contributed by atoms with Crippen LogP contribution in [0.15, 0.2) is 473 Å². The van der Waals surface area contributed by atoms with Gasteiger partial charge in [-0.3, -0.25) is 0 Å². The van der Waals surface area contributed by atoms with E-state index in [4.69, 9.17) is 21.6 Å². The van der Waals surface area contributed by atoms with Gasteiger partial charge >= 0.3 is 7.12 Å². The summed E-state index contributed by atoms with van der Waals surface area (Å²) < 4.78 is 0. The van der Waals surface area contributed by atoms with Gasteiger partial charge in [-0.2, -0.15) is 0 Å². The monoisotopic (exact) mass is 1650 g/mol. The molecule has 26 rings (SSSR count). The fourth-order valence-electron chi connectivity index (χ4n) is 22.9. The molecule has 0 unspecified atom stereocenters. The number of hydrogen-bond donors (Lipinski definition) is 2. The zero-order chi connectivity index (χ0) is 85.2. The van der Waals surface area contributed by atoms with E-state index >= 15 is 0 Å². The molecule has 6 heteroatoms. The highest BCUT2D eigenvalue weighted by Crippen LogP contribution is 2.71. The van der Waals surface area contributed by atoms with Gasteiger partial charge in [0.15, 0.2) is 0 Å². The summed E-state index contributed by atoms with van der Waals surface area (Å²) in [5.74, 6) is 0. The van der Waals surface area contributed by atoms with Crippen molar-refractivity contribution >= 4 is 24.2 Å². The van der Waals surface area contributed by atoms with Gasteiger partial charge in [0, 0.05) is 27.3 Å². The molecule has 0 atom stereocenters. The van der Waals surface area contributed by atoms with Crippen LogP contribution in [0.25, 0.3) is 123 Å². The van der Waals surface area contributed by atoms with E-state index in [1.54, 1.807) is 12.1 Å². The number of benzene rings is 18. The van der Waals surface area contributed by atoms with Crippen LogP contribution < -0.4 is 5.46 Å². The van der Waals surface area contributed by atoms with Crippen LogP contribution in [0.3, 0.4) is 0 Å². The average Bonchev–Trinajstić information content (AvgIpc) is 1.47. The molecular formula is C122H80BClN2O2. The molecule has 0 amide bonds. The second kappa shape index (κ2) is 30.5. The molecule has 2 N–H and O–H groups in total. The molecule has 0 saturated heterocycles. The predicted molar refractivity (Wildman–Crippen MR) is 524 cm³/mol. The summed E-state index contributed by atoms with van der Waals surface area (Å²) in [6.07, 6.45) is 0. The first-order valence-corrected chi connectivity index (χ1v) is 44.4. The zero-order valence-corrected chi connectivity index (χ0v) is 70.5. The fraction of sp³-hybridized carbons (Fsp3) is 0.0328. The summed E-state index contributed by atoms with van der Waals surface area (Å²) in [5, 5.41) is 19.4. The minimum absolute atomic E-state index is 0.457. The van der Waals surface area contributed by atoms with Gasteiger partial charge in [-0.15, -0.1) is 0 Å². The molecular weight excluding hydrogens is 1570 g/mol. The van der Waals surface area contributed by atoms with Gasteiger partial charge in [-0.25, -0.2) is 9.97 Å². The minimum atomic E-state index is -1.47. The minimum Gasteiger partial charge on any atom is -0.423 e. The van der Waals surface area contributed by atoms with E-state index in [0.717, 1.165) is 66.7 Å². The number of aromatic nitrogens is 2. The Morgan fingerprint density at radius 2 is 0.391 bits per heavy atom. The number of halogens is 1. The molecule has 0 radical (unpaired) electrons. The molecule has 4 nitrogen and oxygen atoms in total. The molecule has 2 aromatic heterocycles. The Hall–Kier alpha value is -15.5. The maximum Gasteiger partial charge on any atom is 0.488 e. The van der Waals surface area contributed by atoms with Crippen molar-refractivity contribution in [3.63, 3.8) is 0 Å². The highest BCUT2D eigenvalue weighted by Gasteiger charge is 2.62. The molecule has 600 valence electrons. The van der Waals surface area contributed by atoms with Crippen molar-refractivity contribution in [2.75, 3.05) is 0 Å². The summed E-state index contributed by atoms with van der Waals surface area (Å²) in [5.41, 5.74) is 44.7. The molecule has 18 aromatic carbocycles.